The Morgan fingerprint density at radius 3 is 2.39 bits per heavy atom. The van der Waals surface area contributed by atoms with Crippen molar-refractivity contribution < 1.29 is 13.2 Å². The highest BCUT2D eigenvalue weighted by atomic mass is 32.2. The van der Waals surface area contributed by atoms with Gasteiger partial charge in [-0.25, -0.2) is 8.42 Å². The van der Waals surface area contributed by atoms with Gasteiger partial charge in [0.2, 0.25) is 0 Å². The Labute approximate surface area is 116 Å². The lowest BCUT2D eigenvalue weighted by molar-refractivity contribution is 0.0944. The summed E-state index contributed by atoms with van der Waals surface area (Å²) in [6.07, 6.45) is 1.12. The van der Waals surface area contributed by atoms with Gasteiger partial charge in [-0.05, 0) is 5.75 Å². The van der Waals surface area contributed by atoms with Crippen LogP contribution in [-0.2, 0) is 9.84 Å². The van der Waals surface area contributed by atoms with Crippen LogP contribution in [0, 0.1) is 5.92 Å². The van der Waals surface area contributed by atoms with Crippen LogP contribution in [0.5, 0.6) is 0 Å². The molecule has 1 rings (SSSR count). The topological polar surface area (TPSA) is 77.2 Å². The van der Waals surface area contributed by atoms with Gasteiger partial charge in [-0.15, -0.1) is 23.1 Å². The van der Waals surface area contributed by atoms with E-state index in [1.807, 2.05) is 6.92 Å². The quantitative estimate of drug-likeness (QED) is 0.668. The van der Waals surface area contributed by atoms with E-state index < -0.39 is 9.84 Å². The molecular formula is C11H17NO3S3. The maximum absolute atomic E-state index is 12.0. The van der Waals surface area contributed by atoms with Crippen molar-refractivity contribution >= 4 is 44.4 Å². The van der Waals surface area contributed by atoms with E-state index in [1.54, 1.807) is 13.8 Å². The number of ketones is 1. The number of sulfone groups is 1. The van der Waals surface area contributed by atoms with Crippen LogP contribution >= 0.6 is 23.1 Å². The van der Waals surface area contributed by atoms with E-state index in [-0.39, 0.29) is 22.3 Å². The molecule has 102 valence electrons. The normalized spacial score (nSPS) is 12.1. The maximum Gasteiger partial charge on any atom is 0.179 e. The van der Waals surface area contributed by atoms with E-state index in [0.29, 0.717) is 9.09 Å². The Morgan fingerprint density at radius 2 is 2.00 bits per heavy atom. The highest BCUT2D eigenvalue weighted by Gasteiger charge is 2.27. The SMILES string of the molecule is CCSc1sc(C(=O)C(C)C)c(N)c1S(C)(=O)=O. The molecule has 2 N–H and O–H groups in total. The third kappa shape index (κ3) is 3.07. The number of thiophene rings is 1. The summed E-state index contributed by atoms with van der Waals surface area (Å²) >= 11 is 2.58. The zero-order chi connectivity index (χ0) is 14.1. The van der Waals surface area contributed by atoms with Crippen molar-refractivity contribution in [3.8, 4) is 0 Å². The predicted octanol–water partition coefficient (Wildman–Crippen LogP) is 2.68. The molecule has 1 aromatic rings. The first-order valence-corrected chi connectivity index (χ1v) is 9.18. The number of nitrogen functional groups attached to an aromatic ring is 1. The fourth-order valence-corrected chi connectivity index (χ4v) is 5.79. The Bertz CT molecular complexity index is 558. The van der Waals surface area contributed by atoms with Gasteiger partial charge in [0, 0.05) is 12.2 Å². The summed E-state index contributed by atoms with van der Waals surface area (Å²) in [4.78, 5) is 12.5. The summed E-state index contributed by atoms with van der Waals surface area (Å²) in [6.45, 7) is 5.47. The number of Topliss-reactive ketones (excluding diaryl/α,β-unsaturated/α-hetero) is 1. The Morgan fingerprint density at radius 1 is 1.44 bits per heavy atom. The zero-order valence-corrected chi connectivity index (χ0v) is 13.3. The van der Waals surface area contributed by atoms with Crippen LogP contribution in [0.1, 0.15) is 30.4 Å². The molecule has 7 heteroatoms. The molecule has 0 bridgehead atoms. The number of carbonyl (C=O) groups is 1. The van der Waals surface area contributed by atoms with Crippen molar-refractivity contribution in [1.29, 1.82) is 0 Å². The van der Waals surface area contributed by atoms with Gasteiger partial charge in [0.05, 0.1) is 14.8 Å². The van der Waals surface area contributed by atoms with Crippen molar-refractivity contribution in [2.45, 2.75) is 29.9 Å². The molecule has 0 saturated carbocycles. The number of nitrogens with two attached hydrogens (primary N) is 1. The molecule has 1 aromatic heterocycles. The van der Waals surface area contributed by atoms with Crippen molar-refractivity contribution in [2.75, 3.05) is 17.7 Å². The minimum Gasteiger partial charge on any atom is -0.396 e. The van der Waals surface area contributed by atoms with Crippen molar-refractivity contribution in [3.05, 3.63) is 4.88 Å². The number of carbonyl (C=O) groups excluding carboxylic acids is 1. The molecule has 18 heavy (non-hydrogen) atoms. The van der Waals surface area contributed by atoms with Gasteiger partial charge in [0.1, 0.15) is 4.90 Å². The number of anilines is 1. The summed E-state index contributed by atoms with van der Waals surface area (Å²) in [5.74, 6) is 0.431. The van der Waals surface area contributed by atoms with Gasteiger partial charge in [-0.1, -0.05) is 20.8 Å². The maximum atomic E-state index is 12.0. The van der Waals surface area contributed by atoms with Crippen LogP contribution in [0.25, 0.3) is 0 Å². The van der Waals surface area contributed by atoms with E-state index in [0.717, 1.165) is 12.0 Å². The third-order valence-electron chi connectivity index (χ3n) is 2.26. The van der Waals surface area contributed by atoms with Gasteiger partial charge in [0.25, 0.3) is 0 Å². The molecule has 0 aliphatic rings. The Kier molecular flexibility index (Phi) is 4.85. The second-order valence-corrected chi connectivity index (χ2v) is 8.69. The second kappa shape index (κ2) is 5.63. The standard InChI is InChI=1S/C11H17NO3S3/c1-5-16-11-10(18(4,14)15)7(12)9(17-11)8(13)6(2)3/h6H,5,12H2,1-4H3. The first kappa shape index (κ1) is 15.5. The molecule has 0 atom stereocenters. The number of rotatable bonds is 5. The summed E-state index contributed by atoms with van der Waals surface area (Å²) in [5.41, 5.74) is 5.96. The molecule has 0 aromatic carbocycles. The van der Waals surface area contributed by atoms with E-state index in [9.17, 15) is 13.2 Å². The van der Waals surface area contributed by atoms with Crippen LogP contribution < -0.4 is 5.73 Å². The predicted molar refractivity (Wildman–Crippen MR) is 77.4 cm³/mol. The van der Waals surface area contributed by atoms with Crippen LogP contribution in [0.4, 0.5) is 5.69 Å². The van der Waals surface area contributed by atoms with Crippen LogP contribution in [0.2, 0.25) is 0 Å². The average Bonchev–Trinajstić information content (AvgIpc) is 2.54. The minimum absolute atomic E-state index is 0.106. The first-order valence-electron chi connectivity index (χ1n) is 5.49. The molecule has 0 aliphatic carbocycles. The second-order valence-electron chi connectivity index (χ2n) is 4.19. The van der Waals surface area contributed by atoms with Crippen molar-refractivity contribution in [3.63, 3.8) is 0 Å². The smallest absolute Gasteiger partial charge is 0.179 e. The largest absolute Gasteiger partial charge is 0.396 e. The molecule has 0 aliphatic heterocycles. The van der Waals surface area contributed by atoms with Gasteiger partial charge >= 0.3 is 0 Å². The lowest BCUT2D eigenvalue weighted by Crippen LogP contribution is -2.09. The highest BCUT2D eigenvalue weighted by molar-refractivity contribution is 8.02. The first-order chi connectivity index (χ1) is 8.20. The highest BCUT2D eigenvalue weighted by Crippen LogP contribution is 2.41. The van der Waals surface area contributed by atoms with E-state index in [2.05, 4.69) is 0 Å². The summed E-state index contributed by atoms with van der Waals surface area (Å²) in [7, 11) is -3.41. The molecule has 0 saturated heterocycles. The van der Waals surface area contributed by atoms with Gasteiger partial charge < -0.3 is 5.73 Å². The van der Waals surface area contributed by atoms with Crippen LogP contribution in [-0.4, -0.2) is 26.2 Å². The molecule has 4 nitrogen and oxygen atoms in total. The van der Waals surface area contributed by atoms with Crippen LogP contribution in [0.3, 0.4) is 0 Å². The van der Waals surface area contributed by atoms with Crippen molar-refractivity contribution in [1.82, 2.24) is 0 Å². The fourth-order valence-electron chi connectivity index (χ4n) is 1.43. The van der Waals surface area contributed by atoms with Gasteiger partial charge in [-0.3, -0.25) is 4.79 Å². The third-order valence-corrected chi connectivity index (χ3v) is 6.06. The minimum atomic E-state index is -3.41. The van der Waals surface area contributed by atoms with Crippen LogP contribution in [0.15, 0.2) is 9.10 Å². The summed E-state index contributed by atoms with van der Waals surface area (Å²) in [6, 6.07) is 0. The molecule has 0 unspecified atom stereocenters. The number of hydrogen-bond donors (Lipinski definition) is 1. The summed E-state index contributed by atoms with van der Waals surface area (Å²) in [5, 5.41) is 0. The van der Waals surface area contributed by atoms with Gasteiger partial charge in [-0.2, -0.15) is 0 Å². The monoisotopic (exact) mass is 307 g/mol. The zero-order valence-electron chi connectivity index (χ0n) is 10.8. The summed E-state index contributed by atoms with van der Waals surface area (Å²) < 4.78 is 24.1. The molecule has 0 amide bonds. The number of hydrogen-bond acceptors (Lipinski definition) is 6. The fraction of sp³-hybridized carbons (Fsp3) is 0.545. The molecule has 1 heterocycles. The Hall–Kier alpha value is -0.530. The lowest BCUT2D eigenvalue weighted by atomic mass is 10.1. The molecule has 0 radical (unpaired) electrons. The van der Waals surface area contributed by atoms with E-state index in [1.165, 1.54) is 23.1 Å². The Balaban J connectivity index is 3.47. The molecule has 0 spiro atoms. The molecule has 0 fully saturated rings. The average molecular weight is 307 g/mol. The van der Waals surface area contributed by atoms with E-state index >= 15 is 0 Å². The van der Waals surface area contributed by atoms with E-state index in [4.69, 9.17) is 5.73 Å². The van der Waals surface area contributed by atoms with Gasteiger partial charge in [0.15, 0.2) is 15.6 Å². The van der Waals surface area contributed by atoms with Crippen molar-refractivity contribution in [2.24, 2.45) is 5.92 Å². The lowest BCUT2D eigenvalue weighted by Gasteiger charge is -2.03. The number of thioether (sulfide) groups is 1. The molecular weight excluding hydrogens is 290 g/mol.